The average Bonchev–Trinajstić information content (AvgIpc) is 3.33. The Morgan fingerprint density at radius 3 is 2.51 bits per heavy atom. The molecule has 1 heterocycles. The zero-order valence-electron chi connectivity index (χ0n) is 20.3. The largest absolute Gasteiger partial charge is 0.419 e. The maximum Gasteiger partial charge on any atom is 0.419 e. The summed E-state index contributed by atoms with van der Waals surface area (Å²) in [6.45, 7) is 2.37. The first-order chi connectivity index (χ1) is 17.6. The fourth-order valence-electron chi connectivity index (χ4n) is 4.35. The van der Waals surface area contributed by atoms with Gasteiger partial charge in [0.1, 0.15) is 5.82 Å². The van der Waals surface area contributed by atoms with Crippen molar-refractivity contribution in [3.63, 3.8) is 0 Å². The molecule has 4 rings (SSSR count). The molecule has 196 valence electrons. The van der Waals surface area contributed by atoms with Crippen molar-refractivity contribution in [3.8, 4) is 11.1 Å². The first kappa shape index (κ1) is 26.4. The molecule has 0 spiro atoms. The quantitative estimate of drug-likeness (QED) is 0.305. The number of carbonyl (C=O) groups is 1. The van der Waals surface area contributed by atoms with Gasteiger partial charge in [-0.2, -0.15) is 13.2 Å². The lowest BCUT2D eigenvalue weighted by atomic mass is 10.0. The minimum absolute atomic E-state index is 0.125. The van der Waals surface area contributed by atoms with E-state index in [2.05, 4.69) is 10.2 Å². The van der Waals surface area contributed by atoms with Gasteiger partial charge in [0.15, 0.2) is 0 Å². The fraction of sp³-hybridized carbons (Fsp3) is 0.296. The van der Waals surface area contributed by atoms with Crippen molar-refractivity contribution in [1.29, 1.82) is 0 Å². The molecule has 2 amide bonds. The van der Waals surface area contributed by atoms with E-state index in [1.54, 1.807) is 25.3 Å². The number of nitrogens with one attached hydrogen (secondary N) is 1. The second kappa shape index (κ2) is 11.2. The van der Waals surface area contributed by atoms with E-state index in [0.29, 0.717) is 30.1 Å². The Hall–Kier alpha value is -3.63. The smallest absolute Gasteiger partial charge is 0.399 e. The van der Waals surface area contributed by atoms with Crippen LogP contribution in [-0.4, -0.2) is 50.3 Å². The average molecular weight is 517 g/mol. The van der Waals surface area contributed by atoms with Crippen LogP contribution in [0.2, 0.25) is 0 Å². The Bertz CT molecular complexity index is 1230. The number of alkyl halides is 3. The molecule has 1 saturated heterocycles. The van der Waals surface area contributed by atoms with Crippen LogP contribution in [0.1, 0.15) is 12.0 Å². The SMILES string of the molecule is CO[C@@H]1CCN(CCN(C(=O)Nc2ccc(F)c(C(F)(F)F)c2)c2ccc(-c3cccc(N)c3)cc2)C1. The van der Waals surface area contributed by atoms with E-state index in [-0.39, 0.29) is 18.3 Å². The number of anilines is 3. The van der Waals surface area contributed by atoms with Crippen molar-refractivity contribution in [2.45, 2.75) is 18.7 Å². The highest BCUT2D eigenvalue weighted by molar-refractivity contribution is 6.02. The third-order valence-electron chi connectivity index (χ3n) is 6.37. The van der Waals surface area contributed by atoms with Gasteiger partial charge in [0.05, 0.1) is 11.7 Å². The number of carbonyl (C=O) groups excluding carboxylic acids is 1. The summed E-state index contributed by atoms with van der Waals surface area (Å²) >= 11 is 0. The molecular weight excluding hydrogens is 488 g/mol. The van der Waals surface area contributed by atoms with Gasteiger partial charge in [-0.3, -0.25) is 9.80 Å². The van der Waals surface area contributed by atoms with Crippen LogP contribution in [-0.2, 0) is 10.9 Å². The fourth-order valence-corrected chi connectivity index (χ4v) is 4.35. The van der Waals surface area contributed by atoms with Gasteiger partial charge >= 0.3 is 12.2 Å². The molecule has 0 saturated carbocycles. The molecular formula is C27H28F4N4O2. The third-order valence-corrected chi connectivity index (χ3v) is 6.37. The molecule has 1 atom stereocenters. The standard InChI is InChI=1S/C27H28F4N4O2/c1-37-23-11-12-34(17-23)13-14-35(22-8-5-18(6-9-22)19-3-2-4-20(32)15-19)26(36)33-21-7-10-25(28)24(16-21)27(29,30)31/h2-10,15-16,23H,11-14,17,32H2,1H3,(H,33,36)/t23-/m1/s1. The summed E-state index contributed by atoms with van der Waals surface area (Å²) in [7, 11) is 1.66. The lowest BCUT2D eigenvalue weighted by Crippen LogP contribution is -2.41. The molecule has 1 fully saturated rings. The lowest BCUT2D eigenvalue weighted by Gasteiger charge is -2.26. The van der Waals surface area contributed by atoms with Gasteiger partial charge in [-0.25, -0.2) is 9.18 Å². The minimum atomic E-state index is -4.88. The van der Waals surface area contributed by atoms with E-state index in [1.165, 1.54) is 4.90 Å². The molecule has 0 aliphatic carbocycles. The van der Waals surface area contributed by atoms with Crippen LogP contribution < -0.4 is 16.0 Å². The number of amides is 2. The minimum Gasteiger partial charge on any atom is -0.399 e. The third kappa shape index (κ3) is 6.58. The van der Waals surface area contributed by atoms with Crippen LogP contribution in [0.3, 0.4) is 0 Å². The zero-order chi connectivity index (χ0) is 26.6. The predicted molar refractivity (Wildman–Crippen MR) is 136 cm³/mol. The van der Waals surface area contributed by atoms with E-state index in [1.807, 2.05) is 30.3 Å². The summed E-state index contributed by atoms with van der Waals surface area (Å²) < 4.78 is 58.6. The molecule has 37 heavy (non-hydrogen) atoms. The number of benzene rings is 3. The van der Waals surface area contributed by atoms with Gasteiger partial charge in [-0.05, 0) is 60.0 Å². The lowest BCUT2D eigenvalue weighted by molar-refractivity contribution is -0.139. The van der Waals surface area contributed by atoms with Crippen molar-refractivity contribution in [1.82, 2.24) is 4.90 Å². The van der Waals surface area contributed by atoms with Gasteiger partial charge in [0.25, 0.3) is 0 Å². The summed E-state index contributed by atoms with van der Waals surface area (Å²) in [6.07, 6.45) is -3.87. The van der Waals surface area contributed by atoms with Crippen molar-refractivity contribution < 1.29 is 27.1 Å². The number of hydrogen-bond donors (Lipinski definition) is 2. The Balaban J connectivity index is 1.56. The van der Waals surface area contributed by atoms with E-state index in [0.717, 1.165) is 36.7 Å². The van der Waals surface area contributed by atoms with Gasteiger partial charge < -0.3 is 15.8 Å². The summed E-state index contributed by atoms with van der Waals surface area (Å²) in [6, 6.07) is 16.4. The van der Waals surface area contributed by atoms with Crippen LogP contribution in [0.25, 0.3) is 11.1 Å². The van der Waals surface area contributed by atoms with Crippen LogP contribution in [0.15, 0.2) is 66.7 Å². The number of ether oxygens (including phenoxy) is 1. The number of nitrogens with two attached hydrogens (primary N) is 1. The molecule has 0 aromatic heterocycles. The number of nitrogens with zero attached hydrogens (tertiary/aromatic N) is 2. The number of methoxy groups -OCH3 is 1. The van der Waals surface area contributed by atoms with Gasteiger partial charge in [0, 0.05) is 50.4 Å². The number of urea groups is 1. The second-order valence-electron chi connectivity index (χ2n) is 8.89. The van der Waals surface area contributed by atoms with Gasteiger partial charge in [-0.15, -0.1) is 0 Å². The first-order valence-corrected chi connectivity index (χ1v) is 11.8. The Kier molecular flexibility index (Phi) is 7.99. The van der Waals surface area contributed by atoms with Crippen molar-refractivity contribution >= 4 is 23.1 Å². The molecule has 1 aliphatic rings. The number of rotatable bonds is 7. The van der Waals surface area contributed by atoms with E-state index >= 15 is 0 Å². The molecule has 3 N–H and O–H groups in total. The summed E-state index contributed by atoms with van der Waals surface area (Å²) in [4.78, 5) is 16.9. The molecule has 6 nitrogen and oxygen atoms in total. The molecule has 1 aliphatic heterocycles. The summed E-state index contributed by atoms with van der Waals surface area (Å²) in [5.41, 5.74) is 7.29. The molecule has 3 aromatic rings. The highest BCUT2D eigenvalue weighted by atomic mass is 19.4. The second-order valence-corrected chi connectivity index (χ2v) is 8.89. The van der Waals surface area contributed by atoms with Crippen LogP contribution in [0, 0.1) is 5.82 Å². The van der Waals surface area contributed by atoms with Crippen molar-refractivity contribution in [3.05, 3.63) is 78.1 Å². The van der Waals surface area contributed by atoms with Crippen molar-refractivity contribution in [2.75, 3.05) is 49.2 Å². The van der Waals surface area contributed by atoms with Gasteiger partial charge in [-0.1, -0.05) is 24.3 Å². The highest BCUT2D eigenvalue weighted by Gasteiger charge is 2.34. The predicted octanol–water partition coefficient (Wildman–Crippen LogP) is 5.85. The Morgan fingerprint density at radius 2 is 1.86 bits per heavy atom. The van der Waals surface area contributed by atoms with Gasteiger partial charge in [0.2, 0.25) is 0 Å². The number of nitrogen functional groups attached to an aromatic ring is 1. The molecule has 0 unspecified atom stereocenters. The van der Waals surface area contributed by atoms with Crippen LogP contribution in [0.4, 0.5) is 39.4 Å². The monoisotopic (exact) mass is 516 g/mol. The summed E-state index contributed by atoms with van der Waals surface area (Å²) in [5.74, 6) is -1.40. The molecule has 0 bridgehead atoms. The zero-order valence-corrected chi connectivity index (χ0v) is 20.3. The van der Waals surface area contributed by atoms with Crippen LogP contribution >= 0.6 is 0 Å². The number of hydrogen-bond acceptors (Lipinski definition) is 4. The maximum atomic E-state index is 13.7. The van der Waals surface area contributed by atoms with E-state index < -0.39 is 23.6 Å². The molecule has 3 aromatic carbocycles. The topological polar surface area (TPSA) is 70.8 Å². The Morgan fingerprint density at radius 1 is 1.11 bits per heavy atom. The highest BCUT2D eigenvalue weighted by Crippen LogP contribution is 2.33. The van der Waals surface area contributed by atoms with Crippen molar-refractivity contribution in [2.24, 2.45) is 0 Å². The maximum absolute atomic E-state index is 13.7. The molecule has 0 radical (unpaired) electrons. The molecule has 10 heteroatoms. The number of halogens is 4. The van der Waals surface area contributed by atoms with Crippen LogP contribution in [0.5, 0.6) is 0 Å². The summed E-state index contributed by atoms with van der Waals surface area (Å²) in [5, 5.41) is 2.49. The first-order valence-electron chi connectivity index (χ1n) is 11.8. The van der Waals surface area contributed by atoms with E-state index in [9.17, 15) is 22.4 Å². The van der Waals surface area contributed by atoms with E-state index in [4.69, 9.17) is 10.5 Å². The Labute approximate surface area is 212 Å². The normalized spacial score (nSPS) is 16.1. The number of likely N-dealkylation sites (tertiary alicyclic amines) is 1.